The summed E-state index contributed by atoms with van der Waals surface area (Å²) in [5.74, 6) is -1.17. The maximum atomic E-state index is 12.1. The van der Waals surface area contributed by atoms with Crippen LogP contribution in [0.5, 0.6) is 0 Å². The van der Waals surface area contributed by atoms with Gasteiger partial charge in [-0.2, -0.15) is 5.26 Å². The van der Waals surface area contributed by atoms with Crippen LogP contribution in [0.3, 0.4) is 0 Å². The molecule has 6 nitrogen and oxygen atoms in total. The van der Waals surface area contributed by atoms with Gasteiger partial charge in [0.2, 0.25) is 10.0 Å². The van der Waals surface area contributed by atoms with E-state index in [9.17, 15) is 13.2 Å². The number of sulfonamides is 1. The molecule has 0 unspecified atom stereocenters. The number of nitrogens with zero attached hydrogens (tertiary/aromatic N) is 1. The van der Waals surface area contributed by atoms with Crippen molar-refractivity contribution in [1.29, 1.82) is 5.26 Å². The molecule has 0 heterocycles. The quantitative estimate of drug-likeness (QED) is 0.744. The number of hydrogen-bond acceptors (Lipinski definition) is 4. The fourth-order valence-electron chi connectivity index (χ4n) is 1.64. The Morgan fingerprint density at radius 2 is 2.10 bits per heavy atom. The van der Waals surface area contributed by atoms with E-state index in [0.717, 1.165) is 6.07 Å². The Kier molecular flexibility index (Phi) is 5.67. The topological polar surface area (TPSA) is 107 Å². The lowest BCUT2D eigenvalue weighted by molar-refractivity contribution is 0.0696. The highest BCUT2D eigenvalue weighted by Gasteiger charge is 2.18. The number of unbranched alkanes of at least 4 members (excludes halogenated alkanes) is 2. The maximum absolute atomic E-state index is 12.1. The zero-order valence-electron chi connectivity index (χ0n) is 11.1. The van der Waals surface area contributed by atoms with Crippen LogP contribution in [0.15, 0.2) is 23.1 Å². The first kappa shape index (κ1) is 16.1. The second-order valence-corrected chi connectivity index (χ2v) is 6.03. The molecule has 7 heteroatoms. The highest BCUT2D eigenvalue weighted by molar-refractivity contribution is 7.89. The fraction of sp³-hybridized carbons (Fsp3) is 0.385. The molecule has 20 heavy (non-hydrogen) atoms. The van der Waals surface area contributed by atoms with Gasteiger partial charge in [0, 0.05) is 13.0 Å². The van der Waals surface area contributed by atoms with Crippen molar-refractivity contribution in [3.05, 3.63) is 29.3 Å². The van der Waals surface area contributed by atoms with Crippen molar-refractivity contribution in [2.24, 2.45) is 0 Å². The van der Waals surface area contributed by atoms with Gasteiger partial charge in [-0.1, -0.05) is 6.07 Å². The Balaban J connectivity index is 2.84. The van der Waals surface area contributed by atoms with Gasteiger partial charge >= 0.3 is 5.97 Å². The van der Waals surface area contributed by atoms with E-state index in [4.69, 9.17) is 10.4 Å². The van der Waals surface area contributed by atoms with Crippen LogP contribution in [0.25, 0.3) is 0 Å². The summed E-state index contributed by atoms with van der Waals surface area (Å²) in [5.41, 5.74) is 0.417. The Morgan fingerprint density at radius 1 is 1.40 bits per heavy atom. The Bertz CT molecular complexity index is 632. The number of nitrogens with one attached hydrogen (secondary N) is 1. The van der Waals surface area contributed by atoms with E-state index in [2.05, 4.69) is 4.72 Å². The van der Waals surface area contributed by atoms with Gasteiger partial charge in [0.05, 0.1) is 16.5 Å². The summed E-state index contributed by atoms with van der Waals surface area (Å²) in [6.45, 7) is 1.83. The number of rotatable bonds is 7. The average molecular weight is 296 g/mol. The normalized spacial score (nSPS) is 11.0. The highest BCUT2D eigenvalue weighted by atomic mass is 32.2. The van der Waals surface area contributed by atoms with Crippen LogP contribution in [0.2, 0.25) is 0 Å². The lowest BCUT2D eigenvalue weighted by atomic mass is 10.1. The first-order valence-electron chi connectivity index (χ1n) is 6.09. The number of benzene rings is 1. The predicted octanol–water partition coefficient (Wildman–Crippen LogP) is 1.67. The van der Waals surface area contributed by atoms with Crippen LogP contribution >= 0.6 is 0 Å². The van der Waals surface area contributed by atoms with Crippen LogP contribution in [0, 0.1) is 18.3 Å². The lowest BCUT2D eigenvalue weighted by Crippen LogP contribution is -2.25. The molecule has 108 valence electrons. The second-order valence-electron chi connectivity index (χ2n) is 4.30. The van der Waals surface area contributed by atoms with Crippen LogP contribution in [-0.2, 0) is 10.0 Å². The molecular weight excluding hydrogens is 280 g/mol. The molecule has 0 atom stereocenters. The van der Waals surface area contributed by atoms with E-state index < -0.39 is 16.0 Å². The number of aromatic carboxylic acids is 1. The molecule has 1 aromatic rings. The Morgan fingerprint density at radius 3 is 2.70 bits per heavy atom. The molecule has 0 spiro atoms. The third kappa shape index (κ3) is 4.33. The van der Waals surface area contributed by atoms with Crippen molar-refractivity contribution >= 4 is 16.0 Å². The first-order chi connectivity index (χ1) is 9.38. The molecule has 0 saturated heterocycles. The number of nitriles is 1. The molecule has 1 aromatic carbocycles. The summed E-state index contributed by atoms with van der Waals surface area (Å²) in [5, 5.41) is 17.3. The van der Waals surface area contributed by atoms with Gasteiger partial charge in [-0.05, 0) is 37.5 Å². The summed E-state index contributed by atoms with van der Waals surface area (Å²) >= 11 is 0. The van der Waals surface area contributed by atoms with Crippen molar-refractivity contribution in [3.8, 4) is 6.07 Å². The summed E-state index contributed by atoms with van der Waals surface area (Å²) in [4.78, 5) is 10.8. The number of hydrogen-bond donors (Lipinski definition) is 2. The molecule has 0 saturated carbocycles. The van der Waals surface area contributed by atoms with Crippen LogP contribution < -0.4 is 4.72 Å². The number of carboxylic acids is 1. The highest BCUT2D eigenvalue weighted by Crippen LogP contribution is 2.17. The first-order valence-corrected chi connectivity index (χ1v) is 7.57. The minimum Gasteiger partial charge on any atom is -0.478 e. The zero-order valence-corrected chi connectivity index (χ0v) is 11.9. The van der Waals surface area contributed by atoms with Gasteiger partial charge in [0.25, 0.3) is 0 Å². The van der Waals surface area contributed by atoms with Gasteiger partial charge < -0.3 is 5.11 Å². The summed E-state index contributed by atoms with van der Waals surface area (Å²) in [6.07, 6.45) is 1.56. The smallest absolute Gasteiger partial charge is 0.335 e. The molecule has 0 aliphatic heterocycles. The van der Waals surface area contributed by atoms with E-state index in [1.165, 1.54) is 12.1 Å². The number of aryl methyl sites for hydroxylation is 1. The minimum atomic E-state index is -3.73. The molecule has 1 rings (SSSR count). The van der Waals surface area contributed by atoms with Gasteiger partial charge in [-0.3, -0.25) is 0 Å². The van der Waals surface area contributed by atoms with Crippen molar-refractivity contribution in [3.63, 3.8) is 0 Å². The summed E-state index contributed by atoms with van der Waals surface area (Å²) in [7, 11) is -3.73. The van der Waals surface area contributed by atoms with Crippen LogP contribution in [0.1, 0.15) is 35.2 Å². The monoisotopic (exact) mass is 296 g/mol. The second kappa shape index (κ2) is 7.03. The van der Waals surface area contributed by atoms with Gasteiger partial charge in [-0.25, -0.2) is 17.9 Å². The van der Waals surface area contributed by atoms with E-state index in [1.54, 1.807) is 6.92 Å². The van der Waals surface area contributed by atoms with Gasteiger partial charge in [0.15, 0.2) is 0 Å². The molecule has 0 aliphatic rings. The molecule has 0 radical (unpaired) electrons. The maximum Gasteiger partial charge on any atom is 0.335 e. The van der Waals surface area contributed by atoms with Crippen molar-refractivity contribution in [2.45, 2.75) is 31.1 Å². The predicted molar refractivity (Wildman–Crippen MR) is 72.8 cm³/mol. The third-order valence-corrected chi connectivity index (χ3v) is 4.34. The van der Waals surface area contributed by atoms with E-state index in [0.29, 0.717) is 24.8 Å². The molecule has 0 fully saturated rings. The Hall–Kier alpha value is -1.91. The van der Waals surface area contributed by atoms with E-state index >= 15 is 0 Å². The van der Waals surface area contributed by atoms with Gasteiger partial charge in [0.1, 0.15) is 0 Å². The molecule has 0 aliphatic carbocycles. The van der Waals surface area contributed by atoms with Crippen molar-refractivity contribution in [2.75, 3.05) is 6.54 Å². The van der Waals surface area contributed by atoms with Crippen molar-refractivity contribution in [1.82, 2.24) is 4.72 Å². The molecule has 2 N–H and O–H groups in total. The number of carboxylic acid groups (broad SMARTS) is 1. The summed E-state index contributed by atoms with van der Waals surface area (Å²) < 4.78 is 26.6. The van der Waals surface area contributed by atoms with E-state index in [1.807, 2.05) is 6.07 Å². The van der Waals surface area contributed by atoms with E-state index in [-0.39, 0.29) is 17.0 Å². The fourth-order valence-corrected chi connectivity index (χ4v) is 2.98. The molecular formula is C13H16N2O4S. The summed E-state index contributed by atoms with van der Waals surface area (Å²) in [6, 6.07) is 5.96. The Labute approximate surface area is 118 Å². The zero-order chi connectivity index (χ0) is 15.2. The van der Waals surface area contributed by atoms with Crippen LogP contribution in [-0.4, -0.2) is 26.0 Å². The molecule has 0 aromatic heterocycles. The molecule has 0 bridgehead atoms. The van der Waals surface area contributed by atoms with Crippen LogP contribution in [0.4, 0.5) is 0 Å². The third-order valence-electron chi connectivity index (χ3n) is 2.73. The minimum absolute atomic E-state index is 0.0299. The lowest BCUT2D eigenvalue weighted by Gasteiger charge is -2.09. The average Bonchev–Trinajstić information content (AvgIpc) is 2.38. The van der Waals surface area contributed by atoms with Gasteiger partial charge in [-0.15, -0.1) is 0 Å². The largest absolute Gasteiger partial charge is 0.478 e. The standard InChI is InChI=1S/C13H16N2O4S/c1-10-5-6-11(13(16)17)9-12(10)20(18,19)15-8-4-2-3-7-14/h5-6,9,15H,2-4,8H2,1H3,(H,16,17). The number of carbonyl (C=O) groups is 1. The SMILES string of the molecule is Cc1ccc(C(=O)O)cc1S(=O)(=O)NCCCCC#N. The molecule has 0 amide bonds. The van der Waals surface area contributed by atoms with Crippen molar-refractivity contribution < 1.29 is 18.3 Å².